The molecule has 0 bridgehead atoms. The molecule has 1 aromatic heterocycles. The molecule has 112 valence electrons. The third-order valence-electron chi connectivity index (χ3n) is 3.41. The van der Waals surface area contributed by atoms with Crippen LogP contribution in [-0.2, 0) is 0 Å². The number of aryl methyl sites for hydroxylation is 1. The number of anilines is 1. The van der Waals surface area contributed by atoms with Crippen molar-refractivity contribution < 1.29 is 0 Å². The first-order valence-corrected chi connectivity index (χ1v) is 8.44. The minimum atomic E-state index is 0.916. The zero-order valence-electron chi connectivity index (χ0n) is 12.6. The molecule has 0 spiro atoms. The van der Waals surface area contributed by atoms with Gasteiger partial charge in [0.1, 0.15) is 12.1 Å². The SMILES string of the molecule is Cc1cccc(SCCCNc2ncnc3ccccc23)c1. The molecule has 4 heteroatoms. The van der Waals surface area contributed by atoms with E-state index in [1.165, 1.54) is 10.5 Å². The first-order valence-electron chi connectivity index (χ1n) is 7.46. The third kappa shape index (κ3) is 3.77. The van der Waals surface area contributed by atoms with Gasteiger partial charge in [-0.3, -0.25) is 0 Å². The lowest BCUT2D eigenvalue weighted by Crippen LogP contribution is -2.05. The van der Waals surface area contributed by atoms with E-state index in [4.69, 9.17) is 0 Å². The highest BCUT2D eigenvalue weighted by atomic mass is 32.2. The maximum atomic E-state index is 4.35. The van der Waals surface area contributed by atoms with Crippen molar-refractivity contribution in [1.82, 2.24) is 9.97 Å². The third-order valence-corrected chi connectivity index (χ3v) is 4.49. The fourth-order valence-corrected chi connectivity index (χ4v) is 3.29. The minimum Gasteiger partial charge on any atom is -0.369 e. The van der Waals surface area contributed by atoms with Crippen LogP contribution < -0.4 is 5.32 Å². The Morgan fingerprint density at radius 1 is 1.05 bits per heavy atom. The van der Waals surface area contributed by atoms with Crippen molar-refractivity contribution in [2.45, 2.75) is 18.2 Å². The van der Waals surface area contributed by atoms with Crippen molar-refractivity contribution in [3.8, 4) is 0 Å². The molecule has 0 aliphatic rings. The van der Waals surface area contributed by atoms with Crippen LogP contribution in [0.15, 0.2) is 59.8 Å². The van der Waals surface area contributed by atoms with Crippen LogP contribution >= 0.6 is 11.8 Å². The van der Waals surface area contributed by atoms with Gasteiger partial charge in [0.15, 0.2) is 0 Å². The average Bonchev–Trinajstić information content (AvgIpc) is 2.55. The number of nitrogens with zero attached hydrogens (tertiary/aromatic N) is 2. The van der Waals surface area contributed by atoms with Gasteiger partial charge in [0.05, 0.1) is 5.52 Å². The molecular formula is C18H19N3S. The van der Waals surface area contributed by atoms with Crippen LogP contribution in [-0.4, -0.2) is 22.3 Å². The van der Waals surface area contributed by atoms with Gasteiger partial charge in [-0.1, -0.05) is 29.8 Å². The molecule has 3 rings (SSSR count). The van der Waals surface area contributed by atoms with Gasteiger partial charge < -0.3 is 5.32 Å². The Morgan fingerprint density at radius 3 is 2.86 bits per heavy atom. The number of hydrogen-bond acceptors (Lipinski definition) is 4. The fraction of sp³-hybridized carbons (Fsp3) is 0.222. The molecule has 1 N–H and O–H groups in total. The molecule has 0 unspecified atom stereocenters. The van der Waals surface area contributed by atoms with Crippen molar-refractivity contribution in [3.63, 3.8) is 0 Å². The Kier molecular flexibility index (Phi) is 4.91. The summed E-state index contributed by atoms with van der Waals surface area (Å²) in [5, 5.41) is 4.50. The Labute approximate surface area is 135 Å². The minimum absolute atomic E-state index is 0.916. The highest BCUT2D eigenvalue weighted by Gasteiger charge is 2.01. The summed E-state index contributed by atoms with van der Waals surface area (Å²) in [6.45, 7) is 3.05. The lowest BCUT2D eigenvalue weighted by molar-refractivity contribution is 0.980. The van der Waals surface area contributed by atoms with Crippen LogP contribution in [0.5, 0.6) is 0 Å². The van der Waals surface area contributed by atoms with Crippen LogP contribution in [0.1, 0.15) is 12.0 Å². The van der Waals surface area contributed by atoms with Gasteiger partial charge in [-0.2, -0.15) is 0 Å². The van der Waals surface area contributed by atoms with Gasteiger partial charge in [-0.05, 0) is 43.4 Å². The van der Waals surface area contributed by atoms with Crippen LogP contribution in [0.2, 0.25) is 0 Å². The summed E-state index contributed by atoms with van der Waals surface area (Å²) in [4.78, 5) is 9.96. The maximum absolute atomic E-state index is 4.35. The summed E-state index contributed by atoms with van der Waals surface area (Å²) < 4.78 is 0. The number of hydrogen-bond donors (Lipinski definition) is 1. The predicted molar refractivity (Wildman–Crippen MR) is 94.5 cm³/mol. The molecule has 0 saturated heterocycles. The monoisotopic (exact) mass is 309 g/mol. The molecule has 3 aromatic rings. The maximum Gasteiger partial charge on any atom is 0.137 e. The summed E-state index contributed by atoms with van der Waals surface area (Å²) in [7, 11) is 0. The Hall–Kier alpha value is -2.07. The number of thioether (sulfide) groups is 1. The Balaban J connectivity index is 1.50. The first kappa shape index (κ1) is 14.9. The summed E-state index contributed by atoms with van der Waals surface area (Å²) in [5.74, 6) is 2.02. The summed E-state index contributed by atoms with van der Waals surface area (Å²) >= 11 is 1.90. The molecule has 2 aromatic carbocycles. The standard InChI is InChI=1S/C18H19N3S/c1-14-6-4-7-15(12-14)22-11-5-10-19-18-16-8-2-3-9-17(16)20-13-21-18/h2-4,6-9,12-13H,5,10-11H2,1H3,(H,19,20,21). The smallest absolute Gasteiger partial charge is 0.137 e. The van der Waals surface area contributed by atoms with Crippen LogP contribution in [0.25, 0.3) is 10.9 Å². The molecule has 0 atom stereocenters. The van der Waals surface area contributed by atoms with Gasteiger partial charge in [0, 0.05) is 16.8 Å². The Bertz CT molecular complexity index is 753. The topological polar surface area (TPSA) is 37.8 Å². The largest absolute Gasteiger partial charge is 0.369 e. The summed E-state index contributed by atoms with van der Waals surface area (Å²) in [6.07, 6.45) is 2.71. The second kappa shape index (κ2) is 7.27. The lowest BCUT2D eigenvalue weighted by atomic mass is 10.2. The Morgan fingerprint density at radius 2 is 1.95 bits per heavy atom. The molecule has 0 radical (unpaired) electrons. The lowest BCUT2D eigenvalue weighted by Gasteiger charge is -2.08. The highest BCUT2D eigenvalue weighted by molar-refractivity contribution is 7.99. The molecular weight excluding hydrogens is 290 g/mol. The molecule has 0 fully saturated rings. The average molecular weight is 309 g/mol. The van der Waals surface area contributed by atoms with E-state index in [1.54, 1.807) is 6.33 Å². The number of nitrogens with one attached hydrogen (secondary N) is 1. The summed E-state index contributed by atoms with van der Waals surface area (Å²) in [5.41, 5.74) is 2.30. The van der Waals surface area contributed by atoms with Gasteiger partial charge in [0.2, 0.25) is 0 Å². The number of para-hydroxylation sites is 1. The zero-order chi connectivity index (χ0) is 15.2. The van der Waals surface area contributed by atoms with E-state index in [9.17, 15) is 0 Å². The quantitative estimate of drug-likeness (QED) is 0.536. The molecule has 0 aliphatic heterocycles. The van der Waals surface area contributed by atoms with Crippen molar-refractivity contribution >= 4 is 28.5 Å². The number of fused-ring (bicyclic) bond motifs is 1. The van der Waals surface area contributed by atoms with E-state index in [1.807, 2.05) is 30.0 Å². The van der Waals surface area contributed by atoms with Crippen molar-refractivity contribution in [1.29, 1.82) is 0 Å². The summed E-state index contributed by atoms with van der Waals surface area (Å²) in [6, 6.07) is 16.7. The molecule has 0 amide bonds. The normalized spacial score (nSPS) is 10.8. The molecule has 0 saturated carbocycles. The number of benzene rings is 2. The molecule has 22 heavy (non-hydrogen) atoms. The van der Waals surface area contributed by atoms with Crippen LogP contribution in [0.3, 0.4) is 0 Å². The van der Waals surface area contributed by atoms with Crippen molar-refractivity contribution in [2.75, 3.05) is 17.6 Å². The van der Waals surface area contributed by atoms with E-state index in [0.29, 0.717) is 0 Å². The second-order valence-corrected chi connectivity index (χ2v) is 6.35. The van der Waals surface area contributed by atoms with Gasteiger partial charge >= 0.3 is 0 Å². The van der Waals surface area contributed by atoms with Crippen molar-refractivity contribution in [2.24, 2.45) is 0 Å². The predicted octanol–water partition coefficient (Wildman–Crippen LogP) is 4.53. The fourth-order valence-electron chi connectivity index (χ4n) is 2.32. The second-order valence-electron chi connectivity index (χ2n) is 5.18. The number of aromatic nitrogens is 2. The van der Waals surface area contributed by atoms with Gasteiger partial charge in [0.25, 0.3) is 0 Å². The number of rotatable bonds is 6. The first-order chi connectivity index (χ1) is 10.8. The van der Waals surface area contributed by atoms with E-state index >= 15 is 0 Å². The van der Waals surface area contributed by atoms with Gasteiger partial charge in [-0.15, -0.1) is 11.8 Å². The van der Waals surface area contributed by atoms with E-state index in [0.717, 1.165) is 35.4 Å². The molecule has 1 heterocycles. The highest BCUT2D eigenvalue weighted by Crippen LogP contribution is 2.21. The van der Waals surface area contributed by atoms with Crippen molar-refractivity contribution in [3.05, 3.63) is 60.4 Å². The molecule has 0 aliphatic carbocycles. The zero-order valence-corrected chi connectivity index (χ0v) is 13.4. The van der Waals surface area contributed by atoms with E-state index in [-0.39, 0.29) is 0 Å². The van der Waals surface area contributed by atoms with Crippen LogP contribution in [0.4, 0.5) is 5.82 Å². The van der Waals surface area contributed by atoms with E-state index in [2.05, 4.69) is 52.5 Å². The van der Waals surface area contributed by atoms with E-state index < -0.39 is 0 Å². The van der Waals surface area contributed by atoms with Crippen LogP contribution in [0, 0.1) is 6.92 Å². The molecule has 3 nitrogen and oxygen atoms in total. The van der Waals surface area contributed by atoms with Gasteiger partial charge in [-0.25, -0.2) is 9.97 Å².